The van der Waals surface area contributed by atoms with Gasteiger partial charge in [0.05, 0.1) is 5.70 Å². The first-order valence-electron chi connectivity index (χ1n) is 5.40. The molecule has 0 aromatic heterocycles. The number of nitrogens with one attached hydrogen (secondary N) is 1. The lowest BCUT2D eigenvalue weighted by molar-refractivity contribution is -0.114. The van der Waals surface area contributed by atoms with Crippen molar-refractivity contribution in [1.82, 2.24) is 5.32 Å². The highest BCUT2D eigenvalue weighted by molar-refractivity contribution is 5.93. The molecule has 0 atom stereocenters. The van der Waals surface area contributed by atoms with E-state index in [1.807, 2.05) is 19.1 Å². The van der Waals surface area contributed by atoms with E-state index in [-0.39, 0.29) is 11.5 Å². The molecule has 3 heteroatoms. The van der Waals surface area contributed by atoms with Gasteiger partial charge in [-0.25, -0.2) is 0 Å². The average Bonchev–Trinajstić information content (AvgIpc) is 2.31. The predicted octanol–water partition coefficient (Wildman–Crippen LogP) is 2.53. The maximum atomic E-state index is 11.4. The minimum atomic E-state index is -0.0128. The number of hydrogen-bond acceptors (Lipinski definition) is 3. The average molecular weight is 231 g/mol. The van der Waals surface area contributed by atoms with E-state index in [2.05, 4.69) is 11.9 Å². The molecule has 0 saturated heterocycles. The summed E-state index contributed by atoms with van der Waals surface area (Å²) in [6, 6.07) is 6.86. The van der Waals surface area contributed by atoms with Crippen LogP contribution in [-0.2, 0) is 11.3 Å². The molecular weight excluding hydrogens is 214 g/mol. The summed E-state index contributed by atoms with van der Waals surface area (Å²) in [7, 11) is 0. The number of rotatable bonds is 5. The molecule has 2 N–H and O–H groups in total. The normalized spacial score (nSPS) is 11.6. The SMILES string of the molecule is C=C/C(C)=C(\NCc1ccc(O)cc1)C(C)=O. The number of phenols is 1. The molecule has 1 aromatic rings. The third kappa shape index (κ3) is 3.79. The molecule has 0 heterocycles. The Morgan fingerprint density at radius 3 is 2.41 bits per heavy atom. The van der Waals surface area contributed by atoms with Crippen molar-refractivity contribution in [1.29, 1.82) is 0 Å². The van der Waals surface area contributed by atoms with Crippen molar-refractivity contribution in [2.24, 2.45) is 0 Å². The van der Waals surface area contributed by atoms with E-state index in [0.29, 0.717) is 12.2 Å². The summed E-state index contributed by atoms with van der Waals surface area (Å²) in [6.45, 7) is 7.55. The summed E-state index contributed by atoms with van der Waals surface area (Å²) in [5, 5.41) is 12.2. The van der Waals surface area contributed by atoms with E-state index < -0.39 is 0 Å². The van der Waals surface area contributed by atoms with Crippen LogP contribution in [0.25, 0.3) is 0 Å². The van der Waals surface area contributed by atoms with Crippen LogP contribution in [-0.4, -0.2) is 10.9 Å². The van der Waals surface area contributed by atoms with E-state index in [1.165, 1.54) is 6.92 Å². The van der Waals surface area contributed by atoms with E-state index in [0.717, 1.165) is 11.1 Å². The molecule has 90 valence electrons. The lowest BCUT2D eigenvalue weighted by Crippen LogP contribution is -2.19. The van der Waals surface area contributed by atoms with Gasteiger partial charge in [0.15, 0.2) is 5.78 Å². The standard InChI is InChI=1S/C14H17NO2/c1-4-10(2)14(11(3)16)15-9-12-5-7-13(17)8-6-12/h4-8,15,17H,1,9H2,2-3H3/b14-10-. The number of phenolic OH excluding ortho intramolecular Hbond substituents is 1. The lowest BCUT2D eigenvalue weighted by atomic mass is 10.1. The predicted molar refractivity (Wildman–Crippen MR) is 68.5 cm³/mol. The fourth-order valence-electron chi connectivity index (χ4n) is 1.45. The van der Waals surface area contributed by atoms with Gasteiger partial charge in [-0.2, -0.15) is 0 Å². The number of ketones is 1. The zero-order valence-corrected chi connectivity index (χ0v) is 10.2. The molecule has 0 spiro atoms. The van der Waals surface area contributed by atoms with Gasteiger partial charge in [-0.3, -0.25) is 4.79 Å². The summed E-state index contributed by atoms with van der Waals surface area (Å²) in [4.78, 5) is 11.4. The highest BCUT2D eigenvalue weighted by Crippen LogP contribution is 2.10. The van der Waals surface area contributed by atoms with Gasteiger partial charge in [-0.15, -0.1) is 0 Å². The topological polar surface area (TPSA) is 49.3 Å². The fraction of sp³-hybridized carbons (Fsp3) is 0.214. The Hall–Kier alpha value is -2.03. The Morgan fingerprint density at radius 2 is 1.94 bits per heavy atom. The Morgan fingerprint density at radius 1 is 1.35 bits per heavy atom. The Bertz CT molecular complexity index is 444. The second kappa shape index (κ2) is 5.89. The Labute approximate surface area is 101 Å². The van der Waals surface area contributed by atoms with Crippen LogP contribution in [0.1, 0.15) is 19.4 Å². The van der Waals surface area contributed by atoms with Gasteiger partial charge in [0.1, 0.15) is 5.75 Å². The van der Waals surface area contributed by atoms with Crippen LogP contribution in [0.15, 0.2) is 48.2 Å². The summed E-state index contributed by atoms with van der Waals surface area (Å²) < 4.78 is 0. The van der Waals surface area contributed by atoms with Crippen molar-refractivity contribution < 1.29 is 9.90 Å². The molecule has 0 aliphatic rings. The second-order valence-electron chi connectivity index (χ2n) is 3.84. The molecule has 0 saturated carbocycles. The second-order valence-corrected chi connectivity index (χ2v) is 3.84. The number of Topliss-reactive ketones (excluding diaryl/α,β-unsaturated/α-hetero) is 1. The van der Waals surface area contributed by atoms with Crippen molar-refractivity contribution in [2.45, 2.75) is 20.4 Å². The summed E-state index contributed by atoms with van der Waals surface area (Å²) in [6.07, 6.45) is 1.65. The van der Waals surface area contributed by atoms with E-state index >= 15 is 0 Å². The van der Waals surface area contributed by atoms with Crippen molar-refractivity contribution in [3.05, 3.63) is 53.8 Å². The van der Waals surface area contributed by atoms with Crippen LogP contribution in [0.2, 0.25) is 0 Å². The molecule has 0 fully saturated rings. The van der Waals surface area contributed by atoms with Crippen LogP contribution in [0, 0.1) is 0 Å². The molecule has 1 rings (SSSR count). The molecule has 3 nitrogen and oxygen atoms in total. The van der Waals surface area contributed by atoms with Gasteiger partial charge in [0.2, 0.25) is 0 Å². The Kier molecular flexibility index (Phi) is 4.52. The quantitative estimate of drug-likeness (QED) is 0.604. The van der Waals surface area contributed by atoms with Crippen LogP contribution in [0.4, 0.5) is 0 Å². The molecule has 0 unspecified atom stereocenters. The largest absolute Gasteiger partial charge is 0.508 e. The number of carbonyl (C=O) groups is 1. The number of hydrogen-bond donors (Lipinski definition) is 2. The number of carbonyl (C=O) groups excluding carboxylic acids is 1. The fourth-order valence-corrected chi connectivity index (χ4v) is 1.45. The molecular formula is C14H17NO2. The lowest BCUT2D eigenvalue weighted by Gasteiger charge is -2.10. The number of aromatic hydroxyl groups is 1. The Balaban J connectivity index is 2.75. The maximum Gasteiger partial charge on any atom is 0.175 e. The summed E-state index contributed by atoms with van der Waals surface area (Å²) >= 11 is 0. The van der Waals surface area contributed by atoms with Crippen molar-refractivity contribution in [3.63, 3.8) is 0 Å². The third-order valence-corrected chi connectivity index (χ3v) is 2.46. The van der Waals surface area contributed by atoms with Gasteiger partial charge in [-0.05, 0) is 30.2 Å². The molecule has 0 radical (unpaired) electrons. The van der Waals surface area contributed by atoms with Gasteiger partial charge in [0, 0.05) is 13.5 Å². The van der Waals surface area contributed by atoms with Crippen molar-refractivity contribution in [2.75, 3.05) is 0 Å². The first-order valence-corrected chi connectivity index (χ1v) is 5.40. The van der Waals surface area contributed by atoms with Crippen LogP contribution in [0.5, 0.6) is 5.75 Å². The first kappa shape index (κ1) is 13.0. The molecule has 0 bridgehead atoms. The van der Waals surface area contributed by atoms with Gasteiger partial charge in [0.25, 0.3) is 0 Å². The van der Waals surface area contributed by atoms with Crippen molar-refractivity contribution >= 4 is 5.78 Å². The molecule has 1 aromatic carbocycles. The van der Waals surface area contributed by atoms with Crippen LogP contribution < -0.4 is 5.32 Å². The minimum absolute atomic E-state index is 0.0128. The molecule has 17 heavy (non-hydrogen) atoms. The van der Waals surface area contributed by atoms with E-state index in [4.69, 9.17) is 5.11 Å². The first-order chi connectivity index (χ1) is 8.04. The van der Waals surface area contributed by atoms with E-state index in [9.17, 15) is 4.79 Å². The van der Waals surface area contributed by atoms with Gasteiger partial charge in [-0.1, -0.05) is 24.8 Å². The van der Waals surface area contributed by atoms with E-state index in [1.54, 1.807) is 18.2 Å². The minimum Gasteiger partial charge on any atom is -0.508 e. The smallest absolute Gasteiger partial charge is 0.175 e. The monoisotopic (exact) mass is 231 g/mol. The zero-order valence-electron chi connectivity index (χ0n) is 10.2. The summed E-state index contributed by atoms with van der Waals surface area (Å²) in [5.74, 6) is 0.222. The molecule has 0 amide bonds. The van der Waals surface area contributed by atoms with Gasteiger partial charge >= 0.3 is 0 Å². The van der Waals surface area contributed by atoms with Gasteiger partial charge < -0.3 is 10.4 Å². The number of allylic oxidation sites excluding steroid dienone is 3. The molecule has 0 aliphatic carbocycles. The maximum absolute atomic E-state index is 11.4. The van der Waals surface area contributed by atoms with Crippen molar-refractivity contribution in [3.8, 4) is 5.75 Å². The molecule has 0 aliphatic heterocycles. The highest BCUT2D eigenvalue weighted by atomic mass is 16.3. The third-order valence-electron chi connectivity index (χ3n) is 2.46. The highest BCUT2D eigenvalue weighted by Gasteiger charge is 2.05. The van der Waals surface area contributed by atoms with Crippen LogP contribution in [0.3, 0.4) is 0 Å². The summed E-state index contributed by atoms with van der Waals surface area (Å²) in [5.41, 5.74) is 2.41. The van der Waals surface area contributed by atoms with Crippen LogP contribution >= 0.6 is 0 Å². The number of benzene rings is 1. The zero-order chi connectivity index (χ0) is 12.8.